The van der Waals surface area contributed by atoms with Crippen molar-refractivity contribution in [3.05, 3.63) is 89.8 Å². The third-order valence-corrected chi connectivity index (χ3v) is 4.74. The molecule has 0 bridgehead atoms. The molecule has 0 aliphatic rings. The van der Waals surface area contributed by atoms with Crippen molar-refractivity contribution in [2.75, 3.05) is 19.8 Å². The number of pyridine rings is 1. The largest absolute Gasteiger partial charge is 0.509 e. The smallest absolute Gasteiger partial charge is 0.164 e. The van der Waals surface area contributed by atoms with Crippen molar-refractivity contribution < 1.29 is 19.3 Å². The molecule has 1 atom stereocenters. The Morgan fingerprint density at radius 1 is 1.06 bits per heavy atom. The van der Waals surface area contributed by atoms with E-state index < -0.39 is 0 Å². The molecule has 1 unspecified atom stereocenters. The number of aryl methyl sites for hydroxylation is 2. The molecule has 1 N–H and O–H groups in total. The third-order valence-electron chi connectivity index (χ3n) is 4.74. The van der Waals surface area contributed by atoms with E-state index in [-0.39, 0.29) is 18.5 Å². The van der Waals surface area contributed by atoms with Gasteiger partial charge < -0.3 is 19.3 Å². The van der Waals surface area contributed by atoms with Gasteiger partial charge in [0, 0.05) is 12.2 Å². The minimum absolute atomic E-state index is 0.0176. The van der Waals surface area contributed by atoms with Crippen LogP contribution in [0.1, 0.15) is 29.8 Å². The van der Waals surface area contributed by atoms with Gasteiger partial charge in [0.15, 0.2) is 6.10 Å². The molecule has 0 amide bonds. The molecule has 0 spiro atoms. The second kappa shape index (κ2) is 10.6. The van der Waals surface area contributed by atoms with Crippen LogP contribution in [0.2, 0.25) is 0 Å². The summed E-state index contributed by atoms with van der Waals surface area (Å²) in [5, 5.41) is 9.24. The van der Waals surface area contributed by atoms with Crippen LogP contribution in [0.3, 0.4) is 0 Å². The number of benzene rings is 2. The lowest BCUT2D eigenvalue weighted by Crippen LogP contribution is -2.16. The molecule has 0 fully saturated rings. The Kier molecular flexibility index (Phi) is 7.68. The molecule has 3 aromatic rings. The Labute approximate surface area is 183 Å². The van der Waals surface area contributed by atoms with E-state index in [1.54, 1.807) is 0 Å². The van der Waals surface area contributed by atoms with Crippen molar-refractivity contribution in [2.45, 2.75) is 26.9 Å². The van der Waals surface area contributed by atoms with Crippen molar-refractivity contribution >= 4 is 0 Å². The predicted molar refractivity (Wildman–Crippen MR) is 123 cm³/mol. The number of nitrogens with zero attached hydrogens (tertiary/aromatic N) is 1. The summed E-state index contributed by atoms with van der Waals surface area (Å²) in [4.78, 5) is 4.84. The minimum Gasteiger partial charge on any atom is -0.509 e. The zero-order chi connectivity index (χ0) is 22.2. The standard InChI is InChI=1S/C26H29NO4/c1-5-29-17-26(31-22-13-14-25(19(3)15-22)30-16-20(4)28)24-8-6-7-23(27-24)21-11-9-18(2)10-12-21/h6-15,26,28H,4-5,16-17H2,1-3H3. The van der Waals surface area contributed by atoms with Gasteiger partial charge in [0.25, 0.3) is 0 Å². The van der Waals surface area contributed by atoms with E-state index in [2.05, 4.69) is 37.8 Å². The lowest BCUT2D eigenvalue weighted by molar-refractivity contribution is 0.0540. The van der Waals surface area contributed by atoms with Gasteiger partial charge in [-0.25, -0.2) is 4.98 Å². The molecule has 0 aliphatic heterocycles. The van der Waals surface area contributed by atoms with E-state index in [0.29, 0.717) is 24.7 Å². The summed E-state index contributed by atoms with van der Waals surface area (Å²) >= 11 is 0. The minimum atomic E-state index is -0.353. The summed E-state index contributed by atoms with van der Waals surface area (Å²) < 4.78 is 17.5. The average Bonchev–Trinajstić information content (AvgIpc) is 2.76. The molecular weight excluding hydrogens is 390 g/mol. The third kappa shape index (κ3) is 6.33. The number of aliphatic hydroxyl groups excluding tert-OH is 1. The topological polar surface area (TPSA) is 60.8 Å². The maximum atomic E-state index is 9.24. The van der Waals surface area contributed by atoms with Crippen molar-refractivity contribution in [2.24, 2.45) is 0 Å². The second-order valence-corrected chi connectivity index (χ2v) is 7.36. The van der Waals surface area contributed by atoms with Gasteiger partial charge in [0.2, 0.25) is 0 Å². The predicted octanol–water partition coefficient (Wildman–Crippen LogP) is 5.97. The molecule has 5 nitrogen and oxygen atoms in total. The van der Waals surface area contributed by atoms with Crippen LogP contribution in [0.4, 0.5) is 0 Å². The van der Waals surface area contributed by atoms with Crippen LogP contribution in [-0.4, -0.2) is 29.9 Å². The van der Waals surface area contributed by atoms with Crippen LogP contribution >= 0.6 is 0 Å². The van der Waals surface area contributed by atoms with Crippen LogP contribution in [0, 0.1) is 13.8 Å². The zero-order valence-corrected chi connectivity index (χ0v) is 18.3. The van der Waals surface area contributed by atoms with Crippen LogP contribution in [0.25, 0.3) is 11.3 Å². The van der Waals surface area contributed by atoms with Gasteiger partial charge in [-0.15, -0.1) is 0 Å². The fraction of sp³-hybridized carbons (Fsp3) is 0.269. The number of rotatable bonds is 10. The van der Waals surface area contributed by atoms with Gasteiger partial charge in [-0.05, 0) is 56.7 Å². The maximum absolute atomic E-state index is 9.24. The number of ether oxygens (including phenoxy) is 3. The van der Waals surface area contributed by atoms with E-state index in [0.717, 1.165) is 22.5 Å². The summed E-state index contributed by atoms with van der Waals surface area (Å²) in [6.45, 7) is 10.4. The molecule has 1 heterocycles. The molecular formula is C26H29NO4. The van der Waals surface area contributed by atoms with Gasteiger partial charge in [-0.1, -0.05) is 42.5 Å². The molecule has 1 aromatic heterocycles. The number of hydrogen-bond acceptors (Lipinski definition) is 5. The molecule has 0 radical (unpaired) electrons. The maximum Gasteiger partial charge on any atom is 0.164 e. The van der Waals surface area contributed by atoms with Gasteiger partial charge in [-0.2, -0.15) is 0 Å². The molecule has 0 aliphatic carbocycles. The number of hydrogen-bond donors (Lipinski definition) is 1. The number of aliphatic hydroxyl groups is 1. The molecule has 5 heteroatoms. The van der Waals surface area contributed by atoms with E-state index in [1.807, 2.05) is 50.2 Å². The van der Waals surface area contributed by atoms with E-state index in [1.165, 1.54) is 5.56 Å². The first kappa shape index (κ1) is 22.4. The highest BCUT2D eigenvalue weighted by atomic mass is 16.5. The lowest BCUT2D eigenvalue weighted by Gasteiger charge is -2.20. The first-order valence-electron chi connectivity index (χ1n) is 10.3. The fourth-order valence-corrected chi connectivity index (χ4v) is 3.10. The quantitative estimate of drug-likeness (QED) is 0.410. The lowest BCUT2D eigenvalue weighted by atomic mass is 10.1. The summed E-state index contributed by atoms with van der Waals surface area (Å²) in [6, 6.07) is 19.8. The second-order valence-electron chi connectivity index (χ2n) is 7.36. The summed E-state index contributed by atoms with van der Waals surface area (Å²) in [6.07, 6.45) is -0.353. The molecule has 0 saturated heterocycles. The molecule has 3 rings (SSSR count). The van der Waals surface area contributed by atoms with Crippen molar-refractivity contribution in [3.63, 3.8) is 0 Å². The van der Waals surface area contributed by atoms with Gasteiger partial charge in [-0.3, -0.25) is 0 Å². The normalized spacial score (nSPS) is 11.7. The Balaban J connectivity index is 1.82. The van der Waals surface area contributed by atoms with Gasteiger partial charge in [0.1, 0.15) is 23.9 Å². The highest BCUT2D eigenvalue weighted by molar-refractivity contribution is 5.59. The molecule has 31 heavy (non-hydrogen) atoms. The van der Waals surface area contributed by atoms with E-state index >= 15 is 0 Å². The molecule has 162 valence electrons. The SMILES string of the molecule is C=C(O)COc1ccc(OC(COCC)c2cccc(-c3ccc(C)cc3)n2)cc1C. The highest BCUT2D eigenvalue weighted by Gasteiger charge is 2.17. The fourth-order valence-electron chi connectivity index (χ4n) is 3.10. The molecule has 2 aromatic carbocycles. The van der Waals surface area contributed by atoms with Crippen molar-refractivity contribution in [3.8, 4) is 22.8 Å². The van der Waals surface area contributed by atoms with E-state index in [9.17, 15) is 5.11 Å². The van der Waals surface area contributed by atoms with Gasteiger partial charge >= 0.3 is 0 Å². The van der Waals surface area contributed by atoms with Crippen LogP contribution in [0.5, 0.6) is 11.5 Å². The Bertz CT molecular complexity index is 1010. The Morgan fingerprint density at radius 3 is 2.52 bits per heavy atom. The summed E-state index contributed by atoms with van der Waals surface area (Å²) in [5.41, 5.74) is 4.87. The Morgan fingerprint density at radius 2 is 1.84 bits per heavy atom. The first-order chi connectivity index (χ1) is 15.0. The van der Waals surface area contributed by atoms with Crippen molar-refractivity contribution in [1.29, 1.82) is 0 Å². The summed E-state index contributed by atoms with van der Waals surface area (Å²) in [7, 11) is 0. The Hall–Kier alpha value is -3.31. The average molecular weight is 420 g/mol. The van der Waals surface area contributed by atoms with Gasteiger partial charge in [0.05, 0.1) is 18.0 Å². The first-order valence-corrected chi connectivity index (χ1v) is 10.3. The highest BCUT2D eigenvalue weighted by Crippen LogP contribution is 2.28. The van der Waals surface area contributed by atoms with Crippen LogP contribution in [-0.2, 0) is 4.74 Å². The van der Waals surface area contributed by atoms with Crippen molar-refractivity contribution in [1.82, 2.24) is 4.98 Å². The number of aromatic nitrogens is 1. The summed E-state index contributed by atoms with van der Waals surface area (Å²) in [5.74, 6) is 1.35. The monoisotopic (exact) mass is 419 g/mol. The van der Waals surface area contributed by atoms with E-state index in [4.69, 9.17) is 19.2 Å². The van der Waals surface area contributed by atoms with Crippen LogP contribution in [0.15, 0.2) is 73.0 Å². The molecule has 0 saturated carbocycles. The zero-order valence-electron chi connectivity index (χ0n) is 18.3. The van der Waals surface area contributed by atoms with Crippen LogP contribution < -0.4 is 9.47 Å².